The van der Waals surface area contributed by atoms with Gasteiger partial charge in [0, 0.05) is 30.5 Å². The average Bonchev–Trinajstić information content (AvgIpc) is 2.96. The first-order valence-electron chi connectivity index (χ1n) is 14.1. The van der Waals surface area contributed by atoms with Crippen LogP contribution in [0.2, 0.25) is 5.02 Å². The number of halogens is 1. The number of hydrogen-bond donors (Lipinski definition) is 1. The molecule has 0 aromatic heterocycles. The van der Waals surface area contributed by atoms with Crippen LogP contribution in [0, 0.1) is 0 Å². The van der Waals surface area contributed by atoms with Gasteiger partial charge in [-0.05, 0) is 68.5 Å². The quantitative estimate of drug-likeness (QED) is 0.225. The van der Waals surface area contributed by atoms with Crippen LogP contribution in [0.5, 0.6) is 11.5 Å². The van der Waals surface area contributed by atoms with Gasteiger partial charge in [-0.2, -0.15) is 0 Å². The van der Waals surface area contributed by atoms with Crippen LogP contribution in [0.3, 0.4) is 0 Å². The summed E-state index contributed by atoms with van der Waals surface area (Å²) in [6, 6.07) is 22.3. The minimum atomic E-state index is -0.695. The number of benzene rings is 3. The van der Waals surface area contributed by atoms with Crippen LogP contribution >= 0.6 is 11.6 Å². The van der Waals surface area contributed by atoms with E-state index in [9.17, 15) is 9.59 Å². The topological polar surface area (TPSA) is 67.9 Å². The lowest BCUT2D eigenvalue weighted by Gasteiger charge is -2.32. The molecule has 0 fully saturated rings. The number of nitrogens with zero attached hydrogens (tertiary/aromatic N) is 1. The Morgan fingerprint density at radius 3 is 2.23 bits per heavy atom. The number of rotatable bonds is 15. The third kappa shape index (κ3) is 9.02. The Labute approximate surface area is 243 Å². The first-order valence-corrected chi connectivity index (χ1v) is 14.5. The summed E-state index contributed by atoms with van der Waals surface area (Å²) in [7, 11) is 0. The van der Waals surface area contributed by atoms with Crippen molar-refractivity contribution in [2.24, 2.45) is 0 Å². The Morgan fingerprint density at radius 2 is 1.55 bits per heavy atom. The molecule has 3 aromatic rings. The van der Waals surface area contributed by atoms with Crippen molar-refractivity contribution in [3.05, 3.63) is 94.5 Å². The minimum Gasteiger partial charge on any atom is -0.490 e. The van der Waals surface area contributed by atoms with Crippen LogP contribution in [0.15, 0.2) is 72.8 Å². The zero-order chi connectivity index (χ0) is 28.9. The fraction of sp³-hybridized carbons (Fsp3) is 0.394. The van der Waals surface area contributed by atoms with Gasteiger partial charge in [-0.15, -0.1) is 0 Å². The van der Waals surface area contributed by atoms with E-state index in [1.807, 2.05) is 94.4 Å². The summed E-state index contributed by atoms with van der Waals surface area (Å²) in [5.74, 6) is 1.06. The van der Waals surface area contributed by atoms with Crippen molar-refractivity contribution in [1.82, 2.24) is 10.2 Å². The summed E-state index contributed by atoms with van der Waals surface area (Å²) in [5, 5.41) is 3.67. The van der Waals surface area contributed by atoms with Gasteiger partial charge in [0.1, 0.15) is 6.04 Å². The molecule has 3 aromatic carbocycles. The van der Waals surface area contributed by atoms with Crippen LogP contribution in [0.25, 0.3) is 0 Å². The predicted octanol–water partition coefficient (Wildman–Crippen LogP) is 6.62. The van der Waals surface area contributed by atoms with Crippen molar-refractivity contribution < 1.29 is 19.1 Å². The molecule has 1 N–H and O–H groups in total. The van der Waals surface area contributed by atoms with E-state index >= 15 is 0 Å². The molecule has 214 valence electrons. The number of nitrogens with one attached hydrogen (secondary N) is 1. The van der Waals surface area contributed by atoms with Crippen LogP contribution in [0.1, 0.15) is 57.2 Å². The first kappa shape index (κ1) is 31.0. The molecule has 40 heavy (non-hydrogen) atoms. The largest absolute Gasteiger partial charge is 0.490 e. The standard InChI is InChI=1S/C33H41ClN2O4/c1-5-24(4)35-33(38)29(21-25-13-9-8-10-14-25)36(23-27-15-11-12-16-28(27)34)32(37)20-18-26-17-19-30(39-6-2)31(22-26)40-7-3/h8-17,19,22,24,29H,5-7,18,20-21,23H2,1-4H3,(H,35,38)/t24-,29+/m0/s1. The smallest absolute Gasteiger partial charge is 0.243 e. The zero-order valence-corrected chi connectivity index (χ0v) is 24.7. The van der Waals surface area contributed by atoms with Crippen LogP contribution in [0.4, 0.5) is 0 Å². The van der Waals surface area contributed by atoms with E-state index in [1.165, 1.54) is 0 Å². The van der Waals surface area contributed by atoms with Gasteiger partial charge in [-0.1, -0.05) is 73.1 Å². The average molecular weight is 565 g/mol. The summed E-state index contributed by atoms with van der Waals surface area (Å²) in [6.07, 6.45) is 1.92. The Hall–Kier alpha value is -3.51. The van der Waals surface area contributed by atoms with E-state index in [2.05, 4.69) is 5.32 Å². The molecule has 0 radical (unpaired) electrons. The molecule has 7 heteroatoms. The number of aryl methyl sites for hydroxylation is 1. The Bertz CT molecular complexity index is 1230. The molecular weight excluding hydrogens is 524 g/mol. The Morgan fingerprint density at radius 1 is 0.875 bits per heavy atom. The Kier molecular flexibility index (Phi) is 12.4. The monoisotopic (exact) mass is 564 g/mol. The van der Waals surface area contributed by atoms with E-state index < -0.39 is 6.04 Å². The molecule has 2 atom stereocenters. The second-order valence-electron chi connectivity index (χ2n) is 9.78. The van der Waals surface area contributed by atoms with Crippen LogP contribution in [-0.2, 0) is 29.0 Å². The molecule has 0 aliphatic heterocycles. The highest BCUT2D eigenvalue weighted by molar-refractivity contribution is 6.31. The number of carbonyl (C=O) groups is 2. The number of amides is 2. The maximum Gasteiger partial charge on any atom is 0.243 e. The second-order valence-corrected chi connectivity index (χ2v) is 10.2. The van der Waals surface area contributed by atoms with Crippen molar-refractivity contribution in [1.29, 1.82) is 0 Å². The lowest BCUT2D eigenvalue weighted by atomic mass is 10.0. The highest BCUT2D eigenvalue weighted by Crippen LogP contribution is 2.29. The highest BCUT2D eigenvalue weighted by Gasteiger charge is 2.31. The summed E-state index contributed by atoms with van der Waals surface area (Å²) in [4.78, 5) is 29.3. The van der Waals surface area contributed by atoms with E-state index in [0.29, 0.717) is 42.6 Å². The van der Waals surface area contributed by atoms with Gasteiger partial charge in [0.15, 0.2) is 11.5 Å². The van der Waals surface area contributed by atoms with Gasteiger partial charge in [-0.25, -0.2) is 0 Å². The van der Waals surface area contributed by atoms with Crippen molar-refractivity contribution in [3.63, 3.8) is 0 Å². The fourth-order valence-corrected chi connectivity index (χ4v) is 4.65. The van der Waals surface area contributed by atoms with Crippen LogP contribution in [-0.4, -0.2) is 42.0 Å². The van der Waals surface area contributed by atoms with E-state index in [-0.39, 0.29) is 30.8 Å². The predicted molar refractivity (Wildman–Crippen MR) is 161 cm³/mol. The molecular formula is C33H41ClN2O4. The van der Waals surface area contributed by atoms with E-state index in [0.717, 1.165) is 23.1 Å². The second kappa shape index (κ2) is 15.9. The number of hydrogen-bond acceptors (Lipinski definition) is 4. The lowest BCUT2D eigenvalue weighted by Crippen LogP contribution is -2.52. The van der Waals surface area contributed by atoms with Gasteiger partial charge < -0.3 is 19.7 Å². The van der Waals surface area contributed by atoms with Gasteiger partial charge in [0.2, 0.25) is 11.8 Å². The molecule has 3 rings (SSSR count). The fourth-order valence-electron chi connectivity index (χ4n) is 4.45. The maximum absolute atomic E-state index is 14.0. The molecule has 2 amide bonds. The van der Waals surface area contributed by atoms with Gasteiger partial charge >= 0.3 is 0 Å². The molecule has 6 nitrogen and oxygen atoms in total. The molecule has 0 spiro atoms. The third-order valence-electron chi connectivity index (χ3n) is 6.81. The van der Waals surface area contributed by atoms with Crippen molar-refractivity contribution in [2.45, 2.75) is 72.0 Å². The van der Waals surface area contributed by atoms with E-state index in [4.69, 9.17) is 21.1 Å². The Balaban J connectivity index is 1.91. The van der Waals surface area contributed by atoms with Gasteiger partial charge in [0.25, 0.3) is 0 Å². The SMILES string of the molecule is CCOc1ccc(CCC(=O)N(Cc2ccccc2Cl)[C@H](Cc2ccccc2)C(=O)N[C@@H](C)CC)cc1OCC. The summed E-state index contributed by atoms with van der Waals surface area (Å²) < 4.78 is 11.5. The van der Waals surface area contributed by atoms with E-state index in [1.54, 1.807) is 11.0 Å². The minimum absolute atomic E-state index is 0.0103. The molecule has 0 aliphatic carbocycles. The van der Waals surface area contributed by atoms with Gasteiger partial charge in [-0.3, -0.25) is 9.59 Å². The number of ether oxygens (including phenoxy) is 2. The van der Waals surface area contributed by atoms with Crippen molar-refractivity contribution >= 4 is 23.4 Å². The molecule has 0 saturated heterocycles. The van der Waals surface area contributed by atoms with Gasteiger partial charge in [0.05, 0.1) is 13.2 Å². The van der Waals surface area contributed by atoms with Crippen molar-refractivity contribution in [3.8, 4) is 11.5 Å². The molecule has 0 heterocycles. The zero-order valence-electron chi connectivity index (χ0n) is 24.0. The first-order chi connectivity index (χ1) is 19.4. The molecule has 0 saturated carbocycles. The number of carbonyl (C=O) groups excluding carboxylic acids is 2. The summed E-state index contributed by atoms with van der Waals surface area (Å²) in [5.41, 5.74) is 2.74. The lowest BCUT2D eigenvalue weighted by molar-refractivity contribution is -0.141. The molecule has 0 unspecified atom stereocenters. The van der Waals surface area contributed by atoms with Crippen LogP contribution < -0.4 is 14.8 Å². The third-order valence-corrected chi connectivity index (χ3v) is 7.17. The maximum atomic E-state index is 14.0. The molecule has 0 bridgehead atoms. The highest BCUT2D eigenvalue weighted by atomic mass is 35.5. The van der Waals surface area contributed by atoms with Crippen molar-refractivity contribution in [2.75, 3.05) is 13.2 Å². The summed E-state index contributed by atoms with van der Waals surface area (Å²) in [6.45, 7) is 9.14. The summed E-state index contributed by atoms with van der Waals surface area (Å²) >= 11 is 6.52. The molecule has 0 aliphatic rings. The normalized spacial score (nSPS) is 12.3.